The van der Waals surface area contributed by atoms with Crippen molar-refractivity contribution in [1.29, 1.82) is 0 Å². The van der Waals surface area contributed by atoms with Gasteiger partial charge in [0.05, 0.1) is 12.4 Å². The first-order chi connectivity index (χ1) is 13.0. The molecule has 0 spiro atoms. The lowest BCUT2D eigenvalue weighted by molar-refractivity contribution is -0.115. The maximum atomic E-state index is 12.5. The Hall–Kier alpha value is -2.80. The lowest BCUT2D eigenvalue weighted by Crippen LogP contribution is -2.22. The lowest BCUT2D eigenvalue weighted by Gasteiger charge is -2.12. The number of thioether (sulfide) groups is 1. The van der Waals surface area contributed by atoms with E-state index in [1.807, 2.05) is 74.0 Å². The van der Waals surface area contributed by atoms with Crippen molar-refractivity contribution < 1.29 is 9.53 Å². The second-order valence-electron chi connectivity index (χ2n) is 6.21. The standard InChI is InChI=1S/C20H22N4O2S/c1-13-6-5-7-16(12-13)21-19(25)14(2)27-20-23-22-18(24(20)3)15-8-10-17(26-4)11-9-15/h5-12,14H,1-4H3,(H,21,25)/t14-/m0/s1. The van der Waals surface area contributed by atoms with Gasteiger partial charge < -0.3 is 14.6 Å². The second-order valence-corrected chi connectivity index (χ2v) is 7.52. The Morgan fingerprint density at radius 2 is 1.93 bits per heavy atom. The molecule has 0 bridgehead atoms. The van der Waals surface area contributed by atoms with E-state index in [-0.39, 0.29) is 11.2 Å². The minimum atomic E-state index is -0.308. The molecule has 0 fully saturated rings. The van der Waals surface area contributed by atoms with Gasteiger partial charge in [-0.05, 0) is 55.8 Å². The van der Waals surface area contributed by atoms with Crippen LogP contribution in [0.2, 0.25) is 0 Å². The zero-order valence-corrected chi connectivity index (χ0v) is 16.6. The van der Waals surface area contributed by atoms with Gasteiger partial charge in [-0.15, -0.1) is 10.2 Å². The molecule has 0 aliphatic carbocycles. The van der Waals surface area contributed by atoms with E-state index in [2.05, 4.69) is 15.5 Å². The topological polar surface area (TPSA) is 69.0 Å². The predicted molar refractivity (Wildman–Crippen MR) is 108 cm³/mol. The number of hydrogen-bond donors (Lipinski definition) is 1. The number of carbonyl (C=O) groups is 1. The molecule has 2 aromatic carbocycles. The largest absolute Gasteiger partial charge is 0.497 e. The third-order valence-electron chi connectivity index (χ3n) is 4.12. The number of anilines is 1. The maximum absolute atomic E-state index is 12.5. The van der Waals surface area contributed by atoms with E-state index in [4.69, 9.17) is 4.74 Å². The van der Waals surface area contributed by atoms with Gasteiger partial charge in [-0.25, -0.2) is 0 Å². The number of nitrogens with zero attached hydrogens (tertiary/aromatic N) is 3. The van der Waals surface area contributed by atoms with Crippen LogP contribution < -0.4 is 10.1 Å². The molecule has 1 aromatic heterocycles. The molecule has 1 atom stereocenters. The number of benzene rings is 2. The van der Waals surface area contributed by atoms with Crippen LogP contribution >= 0.6 is 11.8 Å². The van der Waals surface area contributed by atoms with E-state index in [1.165, 1.54) is 11.8 Å². The highest BCUT2D eigenvalue weighted by atomic mass is 32.2. The molecule has 0 aliphatic heterocycles. The van der Waals surface area contributed by atoms with Crippen LogP contribution in [0.25, 0.3) is 11.4 Å². The third-order valence-corrected chi connectivity index (χ3v) is 5.25. The van der Waals surface area contributed by atoms with Gasteiger partial charge in [0.1, 0.15) is 5.75 Å². The molecule has 3 rings (SSSR count). The molecule has 3 aromatic rings. The Balaban J connectivity index is 1.70. The number of aromatic nitrogens is 3. The smallest absolute Gasteiger partial charge is 0.237 e. The van der Waals surface area contributed by atoms with E-state index < -0.39 is 0 Å². The highest BCUT2D eigenvalue weighted by Gasteiger charge is 2.19. The molecule has 1 N–H and O–H groups in total. The minimum absolute atomic E-state index is 0.0698. The monoisotopic (exact) mass is 382 g/mol. The molecule has 140 valence electrons. The Bertz CT molecular complexity index is 937. The van der Waals surface area contributed by atoms with Crippen LogP contribution in [-0.2, 0) is 11.8 Å². The molecule has 1 heterocycles. The summed E-state index contributed by atoms with van der Waals surface area (Å²) in [6.45, 7) is 3.85. The maximum Gasteiger partial charge on any atom is 0.237 e. The lowest BCUT2D eigenvalue weighted by atomic mass is 10.2. The minimum Gasteiger partial charge on any atom is -0.497 e. The molecule has 7 heteroatoms. The molecule has 27 heavy (non-hydrogen) atoms. The van der Waals surface area contributed by atoms with Gasteiger partial charge in [0.25, 0.3) is 0 Å². The van der Waals surface area contributed by atoms with Crippen LogP contribution in [0, 0.1) is 6.92 Å². The normalized spacial score (nSPS) is 11.9. The zero-order valence-electron chi connectivity index (χ0n) is 15.8. The summed E-state index contributed by atoms with van der Waals surface area (Å²) in [5.41, 5.74) is 2.84. The van der Waals surface area contributed by atoms with Gasteiger partial charge in [-0.3, -0.25) is 4.79 Å². The number of amides is 1. The highest BCUT2D eigenvalue weighted by Crippen LogP contribution is 2.27. The molecule has 0 saturated carbocycles. The second kappa shape index (κ2) is 8.26. The molecular formula is C20H22N4O2S. The van der Waals surface area contributed by atoms with Crippen molar-refractivity contribution in [3.8, 4) is 17.1 Å². The van der Waals surface area contributed by atoms with Crippen molar-refractivity contribution in [3.63, 3.8) is 0 Å². The average Bonchev–Trinajstić information content (AvgIpc) is 3.02. The number of hydrogen-bond acceptors (Lipinski definition) is 5. The Morgan fingerprint density at radius 1 is 1.19 bits per heavy atom. The molecular weight excluding hydrogens is 360 g/mol. The molecule has 1 amide bonds. The fourth-order valence-electron chi connectivity index (χ4n) is 2.59. The highest BCUT2D eigenvalue weighted by molar-refractivity contribution is 8.00. The van der Waals surface area contributed by atoms with Crippen LogP contribution in [0.3, 0.4) is 0 Å². The van der Waals surface area contributed by atoms with Crippen molar-refractivity contribution in [1.82, 2.24) is 14.8 Å². The van der Waals surface area contributed by atoms with Gasteiger partial charge in [0.2, 0.25) is 5.91 Å². The van der Waals surface area contributed by atoms with Crippen molar-refractivity contribution >= 4 is 23.4 Å². The van der Waals surface area contributed by atoms with Crippen molar-refractivity contribution in [2.24, 2.45) is 7.05 Å². The molecule has 0 aliphatic rings. The predicted octanol–water partition coefficient (Wildman–Crippen LogP) is 3.92. The summed E-state index contributed by atoms with van der Waals surface area (Å²) < 4.78 is 7.08. The molecule has 6 nitrogen and oxygen atoms in total. The first-order valence-corrected chi connectivity index (χ1v) is 9.44. The summed E-state index contributed by atoms with van der Waals surface area (Å²) >= 11 is 1.38. The first-order valence-electron chi connectivity index (χ1n) is 8.56. The van der Waals surface area contributed by atoms with Crippen LogP contribution in [0.15, 0.2) is 53.7 Å². The Kier molecular flexibility index (Phi) is 5.81. The van der Waals surface area contributed by atoms with Gasteiger partial charge in [-0.1, -0.05) is 23.9 Å². The number of aryl methyl sites for hydroxylation is 1. The number of carbonyl (C=O) groups excluding carboxylic acids is 1. The number of nitrogens with one attached hydrogen (secondary N) is 1. The van der Waals surface area contributed by atoms with E-state index in [9.17, 15) is 4.79 Å². The van der Waals surface area contributed by atoms with Crippen molar-refractivity contribution in [3.05, 3.63) is 54.1 Å². The molecule has 0 saturated heterocycles. The summed E-state index contributed by atoms with van der Waals surface area (Å²) in [5.74, 6) is 1.46. The van der Waals surface area contributed by atoms with Crippen LogP contribution in [0.1, 0.15) is 12.5 Å². The van der Waals surface area contributed by atoms with Gasteiger partial charge in [0.15, 0.2) is 11.0 Å². The Labute approximate surface area is 163 Å². The summed E-state index contributed by atoms with van der Waals surface area (Å²) in [6.07, 6.45) is 0. The van der Waals surface area contributed by atoms with E-state index in [1.54, 1.807) is 7.11 Å². The zero-order chi connectivity index (χ0) is 19.4. The van der Waals surface area contributed by atoms with E-state index in [0.29, 0.717) is 5.16 Å². The number of rotatable bonds is 6. The first kappa shape index (κ1) is 19.0. The van der Waals surface area contributed by atoms with Crippen molar-refractivity contribution in [2.75, 3.05) is 12.4 Å². The van der Waals surface area contributed by atoms with E-state index in [0.717, 1.165) is 28.4 Å². The summed E-state index contributed by atoms with van der Waals surface area (Å²) in [6, 6.07) is 15.4. The SMILES string of the molecule is COc1ccc(-c2nnc(S[C@@H](C)C(=O)Nc3cccc(C)c3)n2C)cc1. The van der Waals surface area contributed by atoms with Gasteiger partial charge >= 0.3 is 0 Å². The summed E-state index contributed by atoms with van der Waals surface area (Å²) in [5, 5.41) is 11.8. The van der Waals surface area contributed by atoms with E-state index >= 15 is 0 Å². The van der Waals surface area contributed by atoms with Gasteiger partial charge in [-0.2, -0.15) is 0 Å². The Morgan fingerprint density at radius 3 is 2.59 bits per heavy atom. The molecule has 0 radical (unpaired) electrons. The van der Waals surface area contributed by atoms with Crippen LogP contribution in [0.5, 0.6) is 5.75 Å². The average molecular weight is 382 g/mol. The fourth-order valence-corrected chi connectivity index (χ4v) is 3.40. The third kappa shape index (κ3) is 4.49. The summed E-state index contributed by atoms with van der Waals surface area (Å²) in [7, 11) is 3.53. The number of ether oxygens (including phenoxy) is 1. The number of methoxy groups -OCH3 is 1. The summed E-state index contributed by atoms with van der Waals surface area (Å²) in [4.78, 5) is 12.5. The molecule has 0 unspecified atom stereocenters. The quantitative estimate of drug-likeness (QED) is 0.655. The van der Waals surface area contributed by atoms with Crippen molar-refractivity contribution in [2.45, 2.75) is 24.3 Å². The van der Waals surface area contributed by atoms with Crippen LogP contribution in [-0.4, -0.2) is 33.0 Å². The van der Waals surface area contributed by atoms with Gasteiger partial charge in [0, 0.05) is 18.3 Å². The fraction of sp³-hybridized carbons (Fsp3) is 0.250. The van der Waals surface area contributed by atoms with Crippen LogP contribution in [0.4, 0.5) is 5.69 Å².